The summed E-state index contributed by atoms with van der Waals surface area (Å²) in [7, 11) is 0. The molecule has 2 heterocycles. The van der Waals surface area contributed by atoms with Crippen molar-refractivity contribution in [1.82, 2.24) is 14.6 Å². The zero-order valence-electron chi connectivity index (χ0n) is 11.8. The highest BCUT2D eigenvalue weighted by Gasteiger charge is 2.13. The van der Waals surface area contributed by atoms with Crippen LogP contribution in [0.3, 0.4) is 0 Å². The Labute approximate surface area is 142 Å². The predicted molar refractivity (Wildman–Crippen MR) is 89.3 cm³/mol. The molecule has 5 nitrogen and oxygen atoms in total. The maximum Gasteiger partial charge on any atom is 0.283 e. The minimum absolute atomic E-state index is 0.0519. The van der Waals surface area contributed by atoms with E-state index in [1.807, 2.05) is 0 Å². The normalized spacial score (nSPS) is 11.3. The fraction of sp³-hybridized carbons (Fsp3) is 0. The van der Waals surface area contributed by atoms with Crippen LogP contribution >= 0.6 is 22.9 Å². The van der Waals surface area contributed by atoms with Crippen molar-refractivity contribution in [3.05, 3.63) is 63.4 Å². The Kier molecular flexibility index (Phi) is 3.43. The third kappa shape index (κ3) is 2.49. The summed E-state index contributed by atoms with van der Waals surface area (Å²) in [5.74, 6) is -1.44. The molecule has 9 heteroatoms. The van der Waals surface area contributed by atoms with Crippen molar-refractivity contribution < 1.29 is 8.78 Å². The van der Waals surface area contributed by atoms with E-state index in [1.165, 1.54) is 12.1 Å². The Bertz CT molecular complexity index is 1160. The van der Waals surface area contributed by atoms with Crippen molar-refractivity contribution in [1.29, 1.82) is 0 Å². The van der Waals surface area contributed by atoms with Crippen molar-refractivity contribution in [3.8, 4) is 0 Å². The number of benzene rings is 2. The fourth-order valence-corrected chi connectivity index (χ4v) is 3.22. The van der Waals surface area contributed by atoms with E-state index in [0.717, 1.165) is 28.0 Å². The maximum atomic E-state index is 13.7. The molecule has 0 saturated heterocycles. The van der Waals surface area contributed by atoms with Gasteiger partial charge in [-0.15, -0.1) is 5.10 Å². The molecule has 0 unspecified atom stereocenters. The summed E-state index contributed by atoms with van der Waals surface area (Å²) in [5.41, 5.74) is 0.171. The molecule has 0 radical (unpaired) electrons. The Morgan fingerprint density at radius 2 is 2.00 bits per heavy atom. The molecule has 0 saturated carbocycles. The largest absolute Gasteiger partial charge is 0.328 e. The zero-order chi connectivity index (χ0) is 16.8. The molecule has 0 aliphatic rings. The van der Waals surface area contributed by atoms with Gasteiger partial charge in [0.05, 0.1) is 16.6 Å². The van der Waals surface area contributed by atoms with Crippen molar-refractivity contribution in [3.63, 3.8) is 0 Å². The second kappa shape index (κ2) is 5.50. The number of fused-ring (bicyclic) bond motifs is 2. The Hall–Kier alpha value is -2.58. The summed E-state index contributed by atoms with van der Waals surface area (Å²) in [6.07, 6.45) is 0. The van der Waals surface area contributed by atoms with Crippen molar-refractivity contribution in [2.45, 2.75) is 0 Å². The van der Waals surface area contributed by atoms with Crippen LogP contribution < -0.4 is 10.9 Å². The van der Waals surface area contributed by atoms with Crippen molar-refractivity contribution in [2.75, 3.05) is 5.32 Å². The average Bonchev–Trinajstić information content (AvgIpc) is 2.94. The number of rotatable bonds is 2. The number of hydrogen-bond donors (Lipinski definition) is 1. The molecule has 4 aromatic rings. The van der Waals surface area contributed by atoms with Crippen LogP contribution in [0.25, 0.3) is 15.9 Å². The van der Waals surface area contributed by atoms with E-state index < -0.39 is 11.6 Å². The molecule has 0 fully saturated rings. The number of nitrogens with one attached hydrogen (secondary N) is 1. The van der Waals surface area contributed by atoms with Gasteiger partial charge in [0.2, 0.25) is 10.1 Å². The van der Waals surface area contributed by atoms with E-state index in [4.69, 9.17) is 11.6 Å². The minimum atomic E-state index is -0.758. The van der Waals surface area contributed by atoms with Crippen LogP contribution in [0.5, 0.6) is 0 Å². The van der Waals surface area contributed by atoms with Gasteiger partial charge in [0.15, 0.2) is 0 Å². The zero-order valence-corrected chi connectivity index (χ0v) is 13.3. The molecule has 4 rings (SSSR count). The van der Waals surface area contributed by atoms with Crippen LogP contribution in [0.4, 0.5) is 19.6 Å². The number of aromatic nitrogens is 3. The second-order valence-electron chi connectivity index (χ2n) is 4.93. The lowest BCUT2D eigenvalue weighted by molar-refractivity contribution is 0.586. The lowest BCUT2D eigenvalue weighted by Crippen LogP contribution is -2.15. The van der Waals surface area contributed by atoms with E-state index in [0.29, 0.717) is 20.9 Å². The van der Waals surface area contributed by atoms with E-state index in [-0.39, 0.29) is 16.4 Å². The smallest absolute Gasteiger partial charge is 0.283 e. The van der Waals surface area contributed by atoms with Crippen LogP contribution in [-0.2, 0) is 0 Å². The molecule has 0 aliphatic carbocycles. The Morgan fingerprint density at radius 3 is 2.79 bits per heavy atom. The Morgan fingerprint density at radius 1 is 1.17 bits per heavy atom. The highest BCUT2D eigenvalue weighted by molar-refractivity contribution is 7.20. The fourth-order valence-electron chi connectivity index (χ4n) is 2.24. The summed E-state index contributed by atoms with van der Waals surface area (Å²) in [4.78, 5) is 17.2. The topological polar surface area (TPSA) is 59.3 Å². The SMILES string of the molecule is O=c1c2cc(Cl)ccc2nc2sc(Nc3ccc(F)cc3F)nn12. The first-order valence-electron chi connectivity index (χ1n) is 6.72. The highest BCUT2D eigenvalue weighted by Crippen LogP contribution is 2.25. The van der Waals surface area contributed by atoms with Gasteiger partial charge >= 0.3 is 0 Å². The van der Waals surface area contributed by atoms with Gasteiger partial charge in [-0.05, 0) is 30.3 Å². The van der Waals surface area contributed by atoms with Gasteiger partial charge in [0.1, 0.15) is 11.6 Å². The van der Waals surface area contributed by atoms with Crippen LogP contribution in [-0.4, -0.2) is 14.6 Å². The number of anilines is 2. The van der Waals surface area contributed by atoms with E-state index in [9.17, 15) is 13.6 Å². The molecule has 0 atom stereocenters. The van der Waals surface area contributed by atoms with Gasteiger partial charge in [0.25, 0.3) is 5.56 Å². The van der Waals surface area contributed by atoms with Gasteiger partial charge in [-0.1, -0.05) is 22.9 Å². The van der Waals surface area contributed by atoms with Crippen LogP contribution in [0.2, 0.25) is 5.02 Å². The van der Waals surface area contributed by atoms with Gasteiger partial charge in [0, 0.05) is 11.1 Å². The molecule has 1 N–H and O–H groups in total. The van der Waals surface area contributed by atoms with Crippen molar-refractivity contribution >= 4 is 49.6 Å². The maximum absolute atomic E-state index is 13.7. The molecule has 0 spiro atoms. The summed E-state index contributed by atoms with van der Waals surface area (Å²) >= 11 is 6.98. The summed E-state index contributed by atoms with van der Waals surface area (Å²) in [6.45, 7) is 0. The summed E-state index contributed by atoms with van der Waals surface area (Å²) < 4.78 is 27.8. The Balaban J connectivity index is 1.84. The van der Waals surface area contributed by atoms with Gasteiger partial charge in [-0.3, -0.25) is 4.79 Å². The molecular formula is C15H7ClF2N4OS. The molecule has 0 bridgehead atoms. The van der Waals surface area contributed by atoms with Crippen molar-refractivity contribution in [2.24, 2.45) is 0 Å². The predicted octanol–water partition coefficient (Wildman–Crippen LogP) is 3.98. The molecule has 120 valence electrons. The van der Waals surface area contributed by atoms with E-state index in [2.05, 4.69) is 15.4 Å². The summed E-state index contributed by atoms with van der Waals surface area (Å²) in [5, 5.41) is 7.83. The minimum Gasteiger partial charge on any atom is -0.328 e. The first kappa shape index (κ1) is 15.0. The molecule has 0 aliphatic heterocycles. The van der Waals surface area contributed by atoms with Gasteiger partial charge in [-0.25, -0.2) is 13.8 Å². The first-order valence-corrected chi connectivity index (χ1v) is 7.92. The van der Waals surface area contributed by atoms with E-state index >= 15 is 0 Å². The monoisotopic (exact) mass is 364 g/mol. The lowest BCUT2D eigenvalue weighted by atomic mass is 10.2. The quantitative estimate of drug-likeness (QED) is 0.584. The second-order valence-corrected chi connectivity index (χ2v) is 6.32. The number of halogens is 3. The summed E-state index contributed by atoms with van der Waals surface area (Å²) in [6, 6.07) is 7.94. The molecule has 24 heavy (non-hydrogen) atoms. The average molecular weight is 365 g/mol. The highest BCUT2D eigenvalue weighted by atomic mass is 35.5. The molecule has 0 amide bonds. The lowest BCUT2D eigenvalue weighted by Gasteiger charge is -2.02. The third-order valence-corrected chi connectivity index (χ3v) is 4.39. The molecular weight excluding hydrogens is 358 g/mol. The molecule has 2 aromatic heterocycles. The number of hydrogen-bond acceptors (Lipinski definition) is 5. The van der Waals surface area contributed by atoms with E-state index in [1.54, 1.807) is 12.1 Å². The van der Waals surface area contributed by atoms with Gasteiger partial charge in [-0.2, -0.15) is 4.52 Å². The number of nitrogens with zero attached hydrogens (tertiary/aromatic N) is 3. The van der Waals surface area contributed by atoms with Crippen LogP contribution in [0, 0.1) is 11.6 Å². The first-order chi connectivity index (χ1) is 11.5. The van der Waals surface area contributed by atoms with Crippen LogP contribution in [0.1, 0.15) is 0 Å². The van der Waals surface area contributed by atoms with Crippen LogP contribution in [0.15, 0.2) is 41.2 Å². The third-order valence-electron chi connectivity index (χ3n) is 3.33. The molecule has 2 aromatic carbocycles. The standard InChI is InChI=1S/C15H7ClF2N4OS/c16-7-1-3-11-9(5-7)13(23)22-15(20-11)24-14(21-22)19-12-4-2-8(17)6-10(12)18/h1-6H,(H,19,21). The van der Waals surface area contributed by atoms with Gasteiger partial charge < -0.3 is 5.32 Å².